The van der Waals surface area contributed by atoms with E-state index in [0.29, 0.717) is 26.2 Å². The summed E-state index contributed by atoms with van der Waals surface area (Å²) in [5.41, 5.74) is 1.06. The van der Waals surface area contributed by atoms with E-state index in [9.17, 15) is 4.79 Å². The molecule has 1 heterocycles. The van der Waals surface area contributed by atoms with Crippen molar-refractivity contribution in [2.45, 2.75) is 26.0 Å². The highest BCUT2D eigenvalue weighted by atomic mass is 16.5. The van der Waals surface area contributed by atoms with Gasteiger partial charge in [0.2, 0.25) is 0 Å². The molecule has 0 saturated carbocycles. The number of amides is 2. The zero-order valence-electron chi connectivity index (χ0n) is 12.1. The molecule has 1 aliphatic heterocycles. The van der Waals surface area contributed by atoms with Crippen molar-refractivity contribution in [3.8, 4) is 5.75 Å². The standard InChI is InChI=1S/C15H22N2O3/c1-3-13-11-17(8-9-20-13)15(18)16-10-12-4-6-14(19-2)7-5-12/h4-7,13H,3,8-11H2,1-2H3,(H,16,18)/t13-/m0/s1. The topological polar surface area (TPSA) is 50.8 Å². The number of benzene rings is 1. The molecule has 2 rings (SSSR count). The molecule has 5 nitrogen and oxygen atoms in total. The lowest BCUT2D eigenvalue weighted by Crippen LogP contribution is -2.49. The Balaban J connectivity index is 1.81. The fourth-order valence-corrected chi connectivity index (χ4v) is 2.18. The minimum absolute atomic E-state index is 0.0254. The number of nitrogens with zero attached hydrogens (tertiary/aromatic N) is 1. The molecule has 2 amide bonds. The number of rotatable bonds is 4. The zero-order valence-corrected chi connectivity index (χ0v) is 12.1. The average molecular weight is 278 g/mol. The summed E-state index contributed by atoms with van der Waals surface area (Å²) in [5.74, 6) is 0.819. The molecule has 20 heavy (non-hydrogen) atoms. The summed E-state index contributed by atoms with van der Waals surface area (Å²) in [4.78, 5) is 13.9. The number of hydrogen-bond donors (Lipinski definition) is 1. The molecule has 1 fully saturated rings. The normalized spacial score (nSPS) is 18.7. The van der Waals surface area contributed by atoms with Crippen LogP contribution in [0, 0.1) is 0 Å². The van der Waals surface area contributed by atoms with Gasteiger partial charge in [-0.3, -0.25) is 0 Å². The van der Waals surface area contributed by atoms with E-state index in [-0.39, 0.29) is 12.1 Å². The Morgan fingerprint density at radius 1 is 1.45 bits per heavy atom. The van der Waals surface area contributed by atoms with Gasteiger partial charge in [0.25, 0.3) is 0 Å². The van der Waals surface area contributed by atoms with Crippen LogP contribution < -0.4 is 10.1 Å². The van der Waals surface area contributed by atoms with Gasteiger partial charge in [-0.15, -0.1) is 0 Å². The Labute approximate surface area is 119 Å². The Bertz CT molecular complexity index is 433. The second-order valence-electron chi connectivity index (χ2n) is 4.85. The quantitative estimate of drug-likeness (QED) is 0.916. The van der Waals surface area contributed by atoms with Gasteiger partial charge in [-0.05, 0) is 24.1 Å². The minimum atomic E-state index is -0.0254. The number of ether oxygens (including phenoxy) is 2. The van der Waals surface area contributed by atoms with E-state index in [1.54, 1.807) is 7.11 Å². The van der Waals surface area contributed by atoms with E-state index in [4.69, 9.17) is 9.47 Å². The first-order valence-corrected chi connectivity index (χ1v) is 7.00. The van der Waals surface area contributed by atoms with Gasteiger partial charge in [-0.2, -0.15) is 0 Å². The summed E-state index contributed by atoms with van der Waals surface area (Å²) in [6.45, 7) is 4.55. The molecule has 1 N–H and O–H groups in total. The molecule has 0 aromatic heterocycles. The predicted octanol–water partition coefficient (Wildman–Crippen LogP) is 2.02. The van der Waals surface area contributed by atoms with Crippen LogP contribution in [0.25, 0.3) is 0 Å². The van der Waals surface area contributed by atoms with Crippen molar-refractivity contribution in [3.05, 3.63) is 29.8 Å². The minimum Gasteiger partial charge on any atom is -0.497 e. The fraction of sp³-hybridized carbons (Fsp3) is 0.533. The van der Waals surface area contributed by atoms with Crippen molar-refractivity contribution >= 4 is 6.03 Å². The van der Waals surface area contributed by atoms with Gasteiger partial charge in [0, 0.05) is 19.6 Å². The number of urea groups is 1. The summed E-state index contributed by atoms with van der Waals surface area (Å²) in [7, 11) is 1.64. The highest BCUT2D eigenvalue weighted by Crippen LogP contribution is 2.12. The Kier molecular flexibility index (Phi) is 5.24. The molecule has 1 atom stereocenters. The van der Waals surface area contributed by atoms with Gasteiger partial charge in [0.1, 0.15) is 5.75 Å². The molecule has 1 aromatic rings. The maximum Gasteiger partial charge on any atom is 0.317 e. The molecule has 0 aliphatic carbocycles. The first-order valence-electron chi connectivity index (χ1n) is 7.00. The molecule has 1 aromatic carbocycles. The molecule has 0 unspecified atom stereocenters. The van der Waals surface area contributed by atoms with Crippen molar-refractivity contribution in [2.75, 3.05) is 26.8 Å². The average Bonchev–Trinajstić information content (AvgIpc) is 2.53. The number of carbonyl (C=O) groups is 1. The first-order chi connectivity index (χ1) is 9.72. The zero-order chi connectivity index (χ0) is 14.4. The van der Waals surface area contributed by atoms with Crippen molar-refractivity contribution in [2.24, 2.45) is 0 Å². The SMILES string of the molecule is CC[C@H]1CN(C(=O)NCc2ccc(OC)cc2)CCO1. The summed E-state index contributed by atoms with van der Waals surface area (Å²) in [6, 6.07) is 7.66. The van der Waals surface area contributed by atoms with Crippen LogP contribution in [0.15, 0.2) is 24.3 Å². The van der Waals surface area contributed by atoms with E-state index in [1.807, 2.05) is 29.2 Å². The van der Waals surface area contributed by atoms with Crippen LogP contribution in [0.4, 0.5) is 4.79 Å². The van der Waals surface area contributed by atoms with E-state index in [1.165, 1.54) is 0 Å². The summed E-state index contributed by atoms with van der Waals surface area (Å²) >= 11 is 0. The number of carbonyl (C=O) groups excluding carboxylic acids is 1. The lowest BCUT2D eigenvalue weighted by molar-refractivity contribution is -0.0154. The van der Waals surface area contributed by atoms with E-state index < -0.39 is 0 Å². The van der Waals surface area contributed by atoms with Gasteiger partial charge in [0.15, 0.2) is 0 Å². The lowest BCUT2D eigenvalue weighted by atomic mass is 10.2. The first kappa shape index (κ1) is 14.7. The second-order valence-corrected chi connectivity index (χ2v) is 4.85. The monoisotopic (exact) mass is 278 g/mol. The summed E-state index contributed by atoms with van der Waals surface area (Å²) < 4.78 is 10.7. The van der Waals surface area contributed by atoms with E-state index >= 15 is 0 Å². The van der Waals surface area contributed by atoms with Crippen LogP contribution in [-0.4, -0.2) is 43.8 Å². The van der Waals surface area contributed by atoms with Gasteiger partial charge < -0.3 is 19.7 Å². The van der Waals surface area contributed by atoms with Crippen LogP contribution in [0.3, 0.4) is 0 Å². The van der Waals surface area contributed by atoms with Crippen LogP contribution in [0.2, 0.25) is 0 Å². The van der Waals surface area contributed by atoms with Crippen molar-refractivity contribution in [1.82, 2.24) is 10.2 Å². The molecule has 5 heteroatoms. The number of hydrogen-bond acceptors (Lipinski definition) is 3. The van der Waals surface area contributed by atoms with E-state index in [0.717, 1.165) is 17.7 Å². The molecule has 1 saturated heterocycles. The smallest absolute Gasteiger partial charge is 0.317 e. The summed E-state index contributed by atoms with van der Waals surface area (Å²) in [5, 5.41) is 2.94. The van der Waals surface area contributed by atoms with Crippen LogP contribution in [0.5, 0.6) is 5.75 Å². The van der Waals surface area contributed by atoms with Gasteiger partial charge >= 0.3 is 6.03 Å². The third-order valence-electron chi connectivity index (χ3n) is 3.48. The van der Waals surface area contributed by atoms with Gasteiger partial charge in [-0.25, -0.2) is 4.79 Å². The predicted molar refractivity (Wildman–Crippen MR) is 76.8 cm³/mol. The molecule has 1 aliphatic rings. The summed E-state index contributed by atoms with van der Waals surface area (Å²) in [6.07, 6.45) is 1.10. The lowest BCUT2D eigenvalue weighted by Gasteiger charge is -2.32. The van der Waals surface area contributed by atoms with Crippen LogP contribution in [0.1, 0.15) is 18.9 Å². The Morgan fingerprint density at radius 3 is 2.85 bits per heavy atom. The third-order valence-corrected chi connectivity index (χ3v) is 3.48. The third kappa shape index (κ3) is 3.87. The molecular formula is C15H22N2O3. The number of morpholine rings is 1. The highest BCUT2D eigenvalue weighted by molar-refractivity contribution is 5.74. The van der Waals surface area contributed by atoms with Crippen molar-refractivity contribution in [3.63, 3.8) is 0 Å². The van der Waals surface area contributed by atoms with Crippen molar-refractivity contribution < 1.29 is 14.3 Å². The molecule has 0 spiro atoms. The molecule has 110 valence electrons. The number of methoxy groups -OCH3 is 1. The fourth-order valence-electron chi connectivity index (χ4n) is 2.18. The Morgan fingerprint density at radius 2 is 2.20 bits per heavy atom. The molecule has 0 radical (unpaired) electrons. The molecular weight excluding hydrogens is 256 g/mol. The van der Waals surface area contributed by atoms with Gasteiger partial charge in [0.05, 0.1) is 19.8 Å². The maximum absolute atomic E-state index is 12.1. The molecule has 0 bridgehead atoms. The van der Waals surface area contributed by atoms with Crippen LogP contribution >= 0.6 is 0 Å². The maximum atomic E-state index is 12.1. The van der Waals surface area contributed by atoms with Crippen LogP contribution in [-0.2, 0) is 11.3 Å². The Hall–Kier alpha value is -1.75. The number of nitrogens with one attached hydrogen (secondary N) is 1. The second kappa shape index (κ2) is 7.14. The largest absolute Gasteiger partial charge is 0.497 e. The van der Waals surface area contributed by atoms with Crippen molar-refractivity contribution in [1.29, 1.82) is 0 Å². The van der Waals surface area contributed by atoms with E-state index in [2.05, 4.69) is 12.2 Å². The van der Waals surface area contributed by atoms with Gasteiger partial charge in [-0.1, -0.05) is 19.1 Å². The highest BCUT2D eigenvalue weighted by Gasteiger charge is 2.22.